The molecule has 0 aromatic heterocycles. The van der Waals surface area contributed by atoms with Gasteiger partial charge in [-0.2, -0.15) is 0 Å². The van der Waals surface area contributed by atoms with Crippen molar-refractivity contribution in [1.82, 2.24) is 0 Å². The molecule has 0 aromatic rings. The van der Waals surface area contributed by atoms with Crippen molar-refractivity contribution in [2.24, 2.45) is 0 Å². The Kier molecular flexibility index (Phi) is 1.56. The first kappa shape index (κ1) is 6.72. The predicted molar refractivity (Wildman–Crippen MR) is 33.0 cm³/mol. The Bertz CT molecular complexity index is 127. The first-order valence-electron chi connectivity index (χ1n) is 3.41. The van der Waals surface area contributed by atoms with E-state index in [1.165, 1.54) is 0 Å². The van der Waals surface area contributed by atoms with Gasteiger partial charge in [0.1, 0.15) is 0 Å². The topological polar surface area (TPSA) is 17.1 Å². The van der Waals surface area contributed by atoms with Gasteiger partial charge in [-0.05, 0) is 19.3 Å². The van der Waals surface area contributed by atoms with Gasteiger partial charge >= 0.3 is 0 Å². The highest BCUT2D eigenvalue weighted by Gasteiger charge is 2.49. The molecule has 1 fully saturated rings. The maximum atomic E-state index is 12.7. The van der Waals surface area contributed by atoms with Crippen LogP contribution in [0, 0.1) is 0 Å². The van der Waals surface area contributed by atoms with Gasteiger partial charge in [0.05, 0.1) is 0 Å². The maximum absolute atomic E-state index is 12.7. The summed E-state index contributed by atoms with van der Waals surface area (Å²) in [5.41, 5.74) is -1.38. The van der Waals surface area contributed by atoms with E-state index >= 15 is 0 Å². The molecule has 2 heteroatoms. The fourth-order valence-corrected chi connectivity index (χ4v) is 0.840. The number of ketones is 1. The minimum absolute atomic E-state index is 0.190. The van der Waals surface area contributed by atoms with Crippen molar-refractivity contribution in [2.45, 2.75) is 38.3 Å². The van der Waals surface area contributed by atoms with Gasteiger partial charge in [-0.25, -0.2) is 4.39 Å². The highest BCUT2D eigenvalue weighted by atomic mass is 19.1. The monoisotopic (exact) mass is 130 g/mol. The molecule has 52 valence electrons. The van der Waals surface area contributed by atoms with Crippen LogP contribution in [0.4, 0.5) is 4.39 Å². The van der Waals surface area contributed by atoms with Crippen molar-refractivity contribution < 1.29 is 9.18 Å². The Balaban J connectivity index is 2.34. The average Bonchev–Trinajstić information content (AvgIpc) is 2.50. The van der Waals surface area contributed by atoms with E-state index in [-0.39, 0.29) is 5.78 Å². The van der Waals surface area contributed by atoms with Gasteiger partial charge in [-0.1, -0.05) is 6.92 Å². The van der Waals surface area contributed by atoms with E-state index in [9.17, 15) is 9.18 Å². The van der Waals surface area contributed by atoms with Crippen LogP contribution in [-0.2, 0) is 4.79 Å². The number of Topliss-reactive ketones (excluding diaryl/α,β-unsaturated/α-hetero) is 1. The molecular formula is C7H11FO. The number of carbonyl (C=O) groups excluding carboxylic acids is 1. The first-order valence-corrected chi connectivity index (χ1v) is 3.41. The summed E-state index contributed by atoms with van der Waals surface area (Å²) in [5.74, 6) is -0.190. The quantitative estimate of drug-likeness (QED) is 0.569. The number of halogens is 1. The van der Waals surface area contributed by atoms with Gasteiger partial charge in [0.25, 0.3) is 0 Å². The second-order valence-electron chi connectivity index (χ2n) is 2.64. The molecule has 0 aliphatic heterocycles. The third kappa shape index (κ3) is 1.29. The first-order chi connectivity index (χ1) is 4.19. The third-order valence-electron chi connectivity index (χ3n) is 1.67. The molecule has 9 heavy (non-hydrogen) atoms. The number of alkyl halides is 1. The summed E-state index contributed by atoms with van der Waals surface area (Å²) in [6.45, 7) is 1.89. The Morgan fingerprint density at radius 1 is 1.67 bits per heavy atom. The molecule has 0 spiro atoms. The van der Waals surface area contributed by atoms with E-state index in [1.54, 1.807) is 0 Å². The molecular weight excluding hydrogens is 119 g/mol. The van der Waals surface area contributed by atoms with Crippen LogP contribution >= 0.6 is 0 Å². The van der Waals surface area contributed by atoms with Gasteiger partial charge in [-0.3, -0.25) is 4.79 Å². The van der Waals surface area contributed by atoms with Crippen LogP contribution in [-0.4, -0.2) is 11.5 Å². The van der Waals surface area contributed by atoms with Crippen LogP contribution in [0.25, 0.3) is 0 Å². The van der Waals surface area contributed by atoms with Crippen molar-refractivity contribution in [2.75, 3.05) is 0 Å². The molecule has 0 unspecified atom stereocenters. The molecule has 0 amide bonds. The van der Waals surface area contributed by atoms with E-state index in [0.717, 1.165) is 6.42 Å². The number of hydrogen-bond acceptors (Lipinski definition) is 1. The molecule has 0 radical (unpaired) electrons. The van der Waals surface area contributed by atoms with Crippen LogP contribution < -0.4 is 0 Å². The van der Waals surface area contributed by atoms with E-state index in [2.05, 4.69) is 0 Å². The molecule has 1 aliphatic carbocycles. The Labute approximate surface area is 54.3 Å². The molecule has 1 rings (SSSR count). The van der Waals surface area contributed by atoms with Crippen LogP contribution in [0.3, 0.4) is 0 Å². The highest BCUT2D eigenvalue weighted by molar-refractivity contribution is 5.89. The summed E-state index contributed by atoms with van der Waals surface area (Å²) in [7, 11) is 0. The molecule has 1 nitrogen and oxygen atoms in total. The largest absolute Gasteiger partial charge is 0.296 e. The van der Waals surface area contributed by atoms with Gasteiger partial charge in [0, 0.05) is 6.42 Å². The average molecular weight is 130 g/mol. The normalized spacial score (nSPS) is 21.6. The van der Waals surface area contributed by atoms with Crippen LogP contribution in [0.5, 0.6) is 0 Å². The lowest BCUT2D eigenvalue weighted by molar-refractivity contribution is -0.125. The highest BCUT2D eigenvalue weighted by Crippen LogP contribution is 2.41. The zero-order valence-corrected chi connectivity index (χ0v) is 5.61. The number of carbonyl (C=O) groups is 1. The summed E-state index contributed by atoms with van der Waals surface area (Å²) in [6.07, 6.45) is 2.11. The van der Waals surface area contributed by atoms with Gasteiger partial charge in [-0.15, -0.1) is 0 Å². The van der Waals surface area contributed by atoms with Gasteiger partial charge in [0.2, 0.25) is 0 Å². The van der Waals surface area contributed by atoms with Gasteiger partial charge < -0.3 is 0 Å². The lowest BCUT2D eigenvalue weighted by Crippen LogP contribution is -2.15. The molecule has 0 N–H and O–H groups in total. The maximum Gasteiger partial charge on any atom is 0.169 e. The van der Waals surface area contributed by atoms with Crippen molar-refractivity contribution in [3.8, 4) is 0 Å². The van der Waals surface area contributed by atoms with Crippen LogP contribution in [0.15, 0.2) is 0 Å². The molecule has 0 heterocycles. The summed E-state index contributed by atoms with van der Waals surface area (Å²) in [4.78, 5) is 10.8. The zero-order valence-electron chi connectivity index (χ0n) is 5.61. The van der Waals surface area contributed by atoms with E-state index < -0.39 is 5.67 Å². The van der Waals surface area contributed by atoms with Crippen molar-refractivity contribution >= 4 is 5.78 Å². The van der Waals surface area contributed by atoms with Crippen molar-refractivity contribution in [3.63, 3.8) is 0 Å². The van der Waals surface area contributed by atoms with Crippen molar-refractivity contribution in [1.29, 1.82) is 0 Å². The molecule has 1 saturated carbocycles. The Morgan fingerprint density at radius 2 is 2.22 bits per heavy atom. The smallest absolute Gasteiger partial charge is 0.169 e. The van der Waals surface area contributed by atoms with E-state index in [4.69, 9.17) is 0 Å². The Hall–Kier alpha value is -0.400. The zero-order chi connectivity index (χ0) is 6.91. The number of hydrogen-bond donors (Lipinski definition) is 0. The summed E-state index contributed by atoms with van der Waals surface area (Å²) in [5, 5.41) is 0. The predicted octanol–water partition coefficient (Wildman–Crippen LogP) is 1.86. The second-order valence-corrected chi connectivity index (χ2v) is 2.64. The standard InChI is InChI=1S/C7H11FO/c1-2-3-6(9)7(8)4-5-7/h2-5H2,1H3. The third-order valence-corrected chi connectivity index (χ3v) is 1.67. The molecule has 0 atom stereocenters. The molecule has 0 bridgehead atoms. The summed E-state index contributed by atoms with van der Waals surface area (Å²) in [6, 6.07) is 0. The van der Waals surface area contributed by atoms with E-state index in [1.807, 2.05) is 6.92 Å². The summed E-state index contributed by atoms with van der Waals surface area (Å²) < 4.78 is 12.7. The minimum atomic E-state index is -1.38. The SMILES string of the molecule is CCCC(=O)C1(F)CC1. The molecule has 0 aromatic carbocycles. The fraction of sp³-hybridized carbons (Fsp3) is 0.857. The summed E-state index contributed by atoms with van der Waals surface area (Å²) >= 11 is 0. The second kappa shape index (κ2) is 2.09. The Morgan fingerprint density at radius 3 is 2.56 bits per heavy atom. The van der Waals surface area contributed by atoms with E-state index in [0.29, 0.717) is 19.3 Å². The number of rotatable bonds is 3. The molecule has 1 aliphatic rings. The minimum Gasteiger partial charge on any atom is -0.296 e. The van der Waals surface area contributed by atoms with Crippen LogP contribution in [0.2, 0.25) is 0 Å². The van der Waals surface area contributed by atoms with Crippen LogP contribution in [0.1, 0.15) is 32.6 Å². The fourth-order valence-electron chi connectivity index (χ4n) is 0.840. The lowest BCUT2D eigenvalue weighted by atomic mass is 10.1. The van der Waals surface area contributed by atoms with Crippen molar-refractivity contribution in [3.05, 3.63) is 0 Å². The lowest BCUT2D eigenvalue weighted by Gasteiger charge is -1.99. The van der Waals surface area contributed by atoms with Gasteiger partial charge in [0.15, 0.2) is 11.5 Å². The molecule has 0 saturated heterocycles.